The summed E-state index contributed by atoms with van der Waals surface area (Å²) in [6.45, 7) is 2.48. The van der Waals surface area contributed by atoms with E-state index in [0.717, 1.165) is 31.4 Å². The summed E-state index contributed by atoms with van der Waals surface area (Å²) in [5, 5.41) is 6.62. The van der Waals surface area contributed by atoms with Gasteiger partial charge in [0.1, 0.15) is 11.8 Å². The molecule has 2 N–H and O–H groups in total. The molecule has 5 rings (SSSR count). The first kappa shape index (κ1) is 17.0. The van der Waals surface area contributed by atoms with Crippen LogP contribution in [0.2, 0.25) is 0 Å². The molecule has 0 aliphatic carbocycles. The average molecular weight is 371 g/mol. The monoisotopic (exact) mass is 371 g/mol. The Morgan fingerprint density at radius 1 is 1.19 bits per heavy atom. The van der Waals surface area contributed by atoms with Crippen molar-refractivity contribution in [3.05, 3.63) is 29.8 Å². The van der Waals surface area contributed by atoms with Crippen molar-refractivity contribution in [3.8, 4) is 0 Å². The maximum absolute atomic E-state index is 12.6. The van der Waals surface area contributed by atoms with E-state index in [1.165, 1.54) is 0 Å². The summed E-state index contributed by atoms with van der Waals surface area (Å²) in [5.41, 5.74) is 0.667. The summed E-state index contributed by atoms with van der Waals surface area (Å²) in [4.78, 5) is 27.0. The standard InChI is InChI=1S/C20H25N3O4/c24-17-14-4-1-2-5-15(14)21-20(22-17)12-19(27-13-20)7-9-23(10-8-19)18(25)16-6-3-11-26-16/h1-2,4-5,16,21H,3,6-13H2,(H,22,24). The van der Waals surface area contributed by atoms with Gasteiger partial charge in [-0.2, -0.15) is 0 Å². The minimum absolute atomic E-state index is 0.0593. The summed E-state index contributed by atoms with van der Waals surface area (Å²) in [5.74, 6) is 0.0593. The molecule has 1 aromatic rings. The van der Waals surface area contributed by atoms with Crippen molar-refractivity contribution in [2.45, 2.75) is 49.5 Å². The normalized spacial score (nSPS) is 31.6. The fraction of sp³-hybridized carbons (Fsp3) is 0.600. The third-order valence-electron chi connectivity index (χ3n) is 6.34. The number of carbonyl (C=O) groups is 2. The van der Waals surface area contributed by atoms with Gasteiger partial charge < -0.3 is 25.0 Å². The Hall–Kier alpha value is -2.12. The highest BCUT2D eigenvalue weighted by Crippen LogP contribution is 2.43. The maximum Gasteiger partial charge on any atom is 0.255 e. The van der Waals surface area contributed by atoms with E-state index in [9.17, 15) is 9.59 Å². The highest BCUT2D eigenvalue weighted by atomic mass is 16.5. The van der Waals surface area contributed by atoms with Gasteiger partial charge in [0.25, 0.3) is 11.8 Å². The molecule has 0 radical (unpaired) electrons. The number of nitrogens with zero attached hydrogens (tertiary/aromatic N) is 1. The van der Waals surface area contributed by atoms with Crippen LogP contribution in [0.5, 0.6) is 0 Å². The molecule has 0 aromatic heterocycles. The van der Waals surface area contributed by atoms with Crippen LogP contribution in [-0.2, 0) is 14.3 Å². The number of amides is 2. The van der Waals surface area contributed by atoms with Gasteiger partial charge in [0, 0.05) is 31.8 Å². The first-order valence-corrected chi connectivity index (χ1v) is 9.82. The van der Waals surface area contributed by atoms with Gasteiger partial charge in [-0.1, -0.05) is 12.1 Å². The molecule has 2 amide bonds. The van der Waals surface area contributed by atoms with E-state index in [2.05, 4.69) is 10.6 Å². The minimum atomic E-state index is -0.563. The Morgan fingerprint density at radius 3 is 2.78 bits per heavy atom. The van der Waals surface area contributed by atoms with Crippen molar-refractivity contribution in [2.24, 2.45) is 0 Å². The molecule has 4 aliphatic heterocycles. The van der Waals surface area contributed by atoms with E-state index < -0.39 is 5.66 Å². The molecule has 27 heavy (non-hydrogen) atoms. The highest BCUT2D eigenvalue weighted by molar-refractivity contribution is 6.02. The molecule has 0 saturated carbocycles. The first-order chi connectivity index (χ1) is 13.1. The molecule has 7 nitrogen and oxygen atoms in total. The summed E-state index contributed by atoms with van der Waals surface area (Å²) < 4.78 is 11.8. The molecule has 2 atom stereocenters. The number of hydrogen-bond donors (Lipinski definition) is 2. The zero-order chi connectivity index (χ0) is 18.5. The summed E-state index contributed by atoms with van der Waals surface area (Å²) >= 11 is 0. The number of rotatable bonds is 1. The van der Waals surface area contributed by atoms with Crippen LogP contribution >= 0.6 is 0 Å². The Kier molecular flexibility index (Phi) is 3.91. The minimum Gasteiger partial charge on any atom is -0.370 e. The molecular formula is C20H25N3O4. The van der Waals surface area contributed by atoms with E-state index in [1.54, 1.807) is 0 Å². The van der Waals surface area contributed by atoms with Gasteiger partial charge in [-0.15, -0.1) is 0 Å². The van der Waals surface area contributed by atoms with E-state index in [1.807, 2.05) is 29.2 Å². The van der Waals surface area contributed by atoms with Crippen molar-refractivity contribution >= 4 is 17.5 Å². The molecule has 3 saturated heterocycles. The fourth-order valence-electron chi connectivity index (χ4n) is 4.88. The lowest BCUT2D eigenvalue weighted by molar-refractivity contribution is -0.145. The largest absolute Gasteiger partial charge is 0.370 e. The lowest BCUT2D eigenvalue weighted by Gasteiger charge is -2.41. The third-order valence-corrected chi connectivity index (χ3v) is 6.34. The van der Waals surface area contributed by atoms with Gasteiger partial charge in [0.15, 0.2) is 0 Å². The predicted octanol–water partition coefficient (Wildman–Crippen LogP) is 1.50. The summed E-state index contributed by atoms with van der Waals surface area (Å²) in [7, 11) is 0. The molecule has 2 spiro atoms. The van der Waals surface area contributed by atoms with E-state index in [0.29, 0.717) is 38.3 Å². The Bertz CT molecular complexity index is 768. The summed E-state index contributed by atoms with van der Waals surface area (Å²) in [6, 6.07) is 7.55. The second-order valence-electron chi connectivity index (χ2n) is 8.18. The second kappa shape index (κ2) is 6.21. The molecule has 0 bridgehead atoms. The van der Waals surface area contributed by atoms with Crippen LogP contribution in [0, 0.1) is 0 Å². The SMILES string of the molecule is O=C1NC2(COC3(CCN(C(=O)C4CCCO4)CC3)C2)Nc2ccccc21. The number of anilines is 1. The van der Waals surface area contributed by atoms with Crippen LogP contribution in [0.25, 0.3) is 0 Å². The number of carbonyl (C=O) groups excluding carboxylic acids is 2. The molecule has 144 valence electrons. The number of ether oxygens (including phenoxy) is 2. The van der Waals surface area contributed by atoms with Crippen molar-refractivity contribution in [1.82, 2.24) is 10.2 Å². The van der Waals surface area contributed by atoms with Gasteiger partial charge in [0.05, 0.1) is 17.8 Å². The number of hydrogen-bond acceptors (Lipinski definition) is 5. The number of nitrogens with one attached hydrogen (secondary N) is 2. The van der Waals surface area contributed by atoms with Crippen LogP contribution in [0.15, 0.2) is 24.3 Å². The molecular weight excluding hydrogens is 346 g/mol. The molecule has 3 fully saturated rings. The quantitative estimate of drug-likeness (QED) is 0.782. The van der Waals surface area contributed by atoms with Crippen LogP contribution in [0.1, 0.15) is 42.5 Å². The molecule has 7 heteroatoms. The van der Waals surface area contributed by atoms with E-state index >= 15 is 0 Å². The molecule has 1 aromatic carbocycles. The van der Waals surface area contributed by atoms with Crippen LogP contribution in [0.3, 0.4) is 0 Å². The number of likely N-dealkylation sites (tertiary alicyclic amines) is 1. The Morgan fingerprint density at radius 2 is 2.00 bits per heavy atom. The first-order valence-electron chi connectivity index (χ1n) is 9.82. The van der Waals surface area contributed by atoms with Gasteiger partial charge >= 0.3 is 0 Å². The van der Waals surface area contributed by atoms with Crippen LogP contribution < -0.4 is 10.6 Å². The number of piperidine rings is 1. The third kappa shape index (κ3) is 2.89. The lowest BCUT2D eigenvalue weighted by atomic mass is 9.84. The topological polar surface area (TPSA) is 79.9 Å². The number of benzene rings is 1. The maximum atomic E-state index is 12.6. The van der Waals surface area contributed by atoms with E-state index in [4.69, 9.17) is 9.47 Å². The van der Waals surface area contributed by atoms with Gasteiger partial charge in [-0.3, -0.25) is 9.59 Å². The van der Waals surface area contributed by atoms with Crippen LogP contribution in [-0.4, -0.2) is 60.4 Å². The van der Waals surface area contributed by atoms with Gasteiger partial charge in [-0.25, -0.2) is 0 Å². The molecule has 4 heterocycles. The molecule has 4 aliphatic rings. The van der Waals surface area contributed by atoms with Crippen molar-refractivity contribution < 1.29 is 19.1 Å². The average Bonchev–Trinajstić information content (AvgIpc) is 3.31. The van der Waals surface area contributed by atoms with Gasteiger partial charge in [-0.05, 0) is 37.8 Å². The van der Waals surface area contributed by atoms with Crippen molar-refractivity contribution in [3.63, 3.8) is 0 Å². The second-order valence-corrected chi connectivity index (χ2v) is 8.18. The number of fused-ring (bicyclic) bond motifs is 1. The molecule has 2 unspecified atom stereocenters. The smallest absolute Gasteiger partial charge is 0.255 e. The fourth-order valence-corrected chi connectivity index (χ4v) is 4.88. The number of para-hydroxylation sites is 1. The Labute approximate surface area is 158 Å². The van der Waals surface area contributed by atoms with Gasteiger partial charge in [0.2, 0.25) is 0 Å². The van der Waals surface area contributed by atoms with Crippen molar-refractivity contribution in [1.29, 1.82) is 0 Å². The lowest BCUT2D eigenvalue weighted by Crippen LogP contribution is -2.59. The zero-order valence-electron chi connectivity index (χ0n) is 15.3. The predicted molar refractivity (Wildman–Crippen MR) is 98.3 cm³/mol. The summed E-state index contributed by atoms with van der Waals surface area (Å²) in [6.07, 6.45) is 3.81. The van der Waals surface area contributed by atoms with E-state index in [-0.39, 0.29) is 23.5 Å². The zero-order valence-corrected chi connectivity index (χ0v) is 15.3. The van der Waals surface area contributed by atoms with Crippen molar-refractivity contribution in [2.75, 3.05) is 31.6 Å². The Balaban J connectivity index is 1.26. The van der Waals surface area contributed by atoms with Crippen LogP contribution in [0.4, 0.5) is 5.69 Å². The highest BCUT2D eigenvalue weighted by Gasteiger charge is 2.53.